The van der Waals surface area contributed by atoms with Crippen LogP contribution in [-0.2, 0) is 0 Å². The lowest BCUT2D eigenvalue weighted by atomic mass is 9.48. The van der Waals surface area contributed by atoms with Gasteiger partial charge >= 0.3 is 0 Å². The zero-order valence-electron chi connectivity index (χ0n) is 10.1. The molecule has 3 unspecified atom stereocenters. The summed E-state index contributed by atoms with van der Waals surface area (Å²) >= 11 is 0. The topological polar surface area (TPSA) is 0 Å². The predicted octanol–water partition coefficient (Wildman–Crippen LogP) is 3.89. The maximum absolute atomic E-state index is 2.47. The molecule has 0 aliphatic heterocycles. The van der Waals surface area contributed by atoms with Crippen molar-refractivity contribution in [2.75, 3.05) is 0 Å². The smallest absolute Gasteiger partial charge is 0.0694 e. The van der Waals surface area contributed by atoms with Gasteiger partial charge in [-0.2, -0.15) is 0 Å². The number of hydrogen-bond acceptors (Lipinski definition) is 0. The van der Waals surface area contributed by atoms with Gasteiger partial charge in [0.05, 0.1) is 0 Å². The SMILES string of the molecule is CCC(C)BC1CCC(C)C1(C)C. The minimum atomic E-state index is 0.601. The standard InChI is InChI=1S/C12H25B/c1-6-10(3)13-11-8-7-9(2)12(11,4)5/h9-11,13H,6-8H2,1-5H3. The minimum absolute atomic E-state index is 0.601. The molecule has 0 aromatic heterocycles. The van der Waals surface area contributed by atoms with Crippen LogP contribution in [0.25, 0.3) is 0 Å². The lowest BCUT2D eigenvalue weighted by Gasteiger charge is -2.32. The van der Waals surface area contributed by atoms with Gasteiger partial charge in [0.15, 0.2) is 0 Å². The van der Waals surface area contributed by atoms with Gasteiger partial charge in [0.25, 0.3) is 0 Å². The van der Waals surface area contributed by atoms with Gasteiger partial charge in [-0.3, -0.25) is 0 Å². The average molecular weight is 180 g/mol. The van der Waals surface area contributed by atoms with E-state index in [4.69, 9.17) is 0 Å². The van der Waals surface area contributed by atoms with Crippen molar-refractivity contribution in [2.24, 2.45) is 11.3 Å². The summed E-state index contributed by atoms with van der Waals surface area (Å²) in [5.74, 6) is 2.84. The van der Waals surface area contributed by atoms with Gasteiger partial charge in [0.1, 0.15) is 7.28 Å². The van der Waals surface area contributed by atoms with Gasteiger partial charge in [0, 0.05) is 0 Å². The molecule has 1 heteroatoms. The molecule has 1 rings (SSSR count). The fourth-order valence-corrected chi connectivity index (χ4v) is 2.67. The Morgan fingerprint density at radius 2 is 2.00 bits per heavy atom. The lowest BCUT2D eigenvalue weighted by molar-refractivity contribution is 0.279. The summed E-state index contributed by atoms with van der Waals surface area (Å²) in [6, 6.07) is 0. The zero-order chi connectivity index (χ0) is 10.1. The summed E-state index contributed by atoms with van der Waals surface area (Å²) in [6.07, 6.45) is 4.27. The van der Waals surface area contributed by atoms with Gasteiger partial charge < -0.3 is 0 Å². The van der Waals surface area contributed by atoms with Crippen LogP contribution in [0.3, 0.4) is 0 Å². The predicted molar refractivity (Wildman–Crippen MR) is 62.8 cm³/mol. The molecule has 76 valence electrons. The fraction of sp³-hybridized carbons (Fsp3) is 1.00. The number of hydrogen-bond donors (Lipinski definition) is 0. The Morgan fingerprint density at radius 3 is 2.38 bits per heavy atom. The van der Waals surface area contributed by atoms with Crippen LogP contribution in [-0.4, -0.2) is 7.28 Å². The number of rotatable bonds is 3. The quantitative estimate of drug-likeness (QED) is 0.578. The van der Waals surface area contributed by atoms with E-state index in [0.717, 1.165) is 17.6 Å². The zero-order valence-corrected chi connectivity index (χ0v) is 10.1. The second kappa shape index (κ2) is 4.06. The highest BCUT2D eigenvalue weighted by molar-refractivity contribution is 6.39. The second-order valence-electron chi connectivity index (χ2n) is 5.75. The summed E-state index contributed by atoms with van der Waals surface area (Å²) in [6.45, 7) is 12.1. The van der Waals surface area contributed by atoms with E-state index < -0.39 is 0 Å². The minimum Gasteiger partial charge on any atom is -0.0694 e. The third kappa shape index (κ3) is 2.30. The Labute approximate surface area is 84.7 Å². The van der Waals surface area contributed by atoms with Gasteiger partial charge in [0.2, 0.25) is 0 Å². The highest BCUT2D eigenvalue weighted by atomic mass is 14.4. The second-order valence-corrected chi connectivity index (χ2v) is 5.75. The Balaban J connectivity index is 2.52. The molecule has 1 saturated carbocycles. The van der Waals surface area contributed by atoms with E-state index in [9.17, 15) is 0 Å². The third-order valence-corrected chi connectivity index (χ3v) is 4.65. The van der Waals surface area contributed by atoms with Crippen molar-refractivity contribution >= 4 is 7.28 Å². The molecule has 0 aromatic carbocycles. The fourth-order valence-electron chi connectivity index (χ4n) is 2.67. The Kier molecular flexibility index (Phi) is 3.48. The van der Waals surface area contributed by atoms with Crippen molar-refractivity contribution in [3.63, 3.8) is 0 Å². The maximum Gasteiger partial charge on any atom is 0.127 e. The maximum atomic E-state index is 2.47. The summed E-state index contributed by atoms with van der Waals surface area (Å²) in [5.41, 5.74) is 0.601. The van der Waals surface area contributed by atoms with E-state index in [1.807, 2.05) is 0 Å². The van der Waals surface area contributed by atoms with E-state index in [-0.39, 0.29) is 0 Å². The van der Waals surface area contributed by atoms with Crippen molar-refractivity contribution in [3.8, 4) is 0 Å². The van der Waals surface area contributed by atoms with Crippen molar-refractivity contribution in [1.82, 2.24) is 0 Å². The Bertz CT molecular complexity index is 163. The molecule has 0 bridgehead atoms. The summed E-state index contributed by atoms with van der Waals surface area (Å²) in [7, 11) is 1.45. The molecule has 3 atom stereocenters. The van der Waals surface area contributed by atoms with E-state index in [1.165, 1.54) is 26.5 Å². The van der Waals surface area contributed by atoms with Crippen LogP contribution in [0, 0.1) is 11.3 Å². The van der Waals surface area contributed by atoms with E-state index >= 15 is 0 Å². The highest BCUT2D eigenvalue weighted by Crippen LogP contribution is 2.51. The van der Waals surface area contributed by atoms with Crippen LogP contribution in [0.5, 0.6) is 0 Å². The van der Waals surface area contributed by atoms with Crippen molar-refractivity contribution in [2.45, 2.75) is 65.5 Å². The largest absolute Gasteiger partial charge is 0.127 e. The van der Waals surface area contributed by atoms with E-state index in [1.54, 1.807) is 0 Å². The third-order valence-electron chi connectivity index (χ3n) is 4.65. The molecule has 13 heavy (non-hydrogen) atoms. The van der Waals surface area contributed by atoms with Crippen molar-refractivity contribution in [1.29, 1.82) is 0 Å². The molecular formula is C12H25B. The molecule has 0 saturated heterocycles. The molecule has 0 aromatic rings. The molecule has 0 N–H and O–H groups in total. The van der Waals surface area contributed by atoms with Crippen LogP contribution in [0.4, 0.5) is 0 Å². The van der Waals surface area contributed by atoms with Gasteiger partial charge in [-0.25, -0.2) is 0 Å². The van der Waals surface area contributed by atoms with Crippen LogP contribution in [0.15, 0.2) is 0 Å². The van der Waals surface area contributed by atoms with Crippen LogP contribution >= 0.6 is 0 Å². The highest BCUT2D eigenvalue weighted by Gasteiger charge is 2.40. The molecule has 0 radical (unpaired) electrons. The van der Waals surface area contributed by atoms with Crippen molar-refractivity contribution in [3.05, 3.63) is 0 Å². The van der Waals surface area contributed by atoms with E-state index in [2.05, 4.69) is 34.6 Å². The monoisotopic (exact) mass is 180 g/mol. The molecule has 0 spiro atoms. The van der Waals surface area contributed by atoms with Crippen LogP contribution in [0.2, 0.25) is 11.6 Å². The first-order valence-corrected chi connectivity index (χ1v) is 5.98. The molecular weight excluding hydrogens is 155 g/mol. The molecule has 1 aliphatic carbocycles. The van der Waals surface area contributed by atoms with Gasteiger partial charge in [-0.15, -0.1) is 0 Å². The van der Waals surface area contributed by atoms with Gasteiger partial charge in [-0.1, -0.05) is 65.5 Å². The molecule has 0 amide bonds. The van der Waals surface area contributed by atoms with Crippen LogP contribution in [0.1, 0.15) is 53.9 Å². The summed E-state index contributed by atoms with van der Waals surface area (Å²) in [5, 5.41) is 0. The first kappa shape index (κ1) is 11.1. The summed E-state index contributed by atoms with van der Waals surface area (Å²) < 4.78 is 0. The summed E-state index contributed by atoms with van der Waals surface area (Å²) in [4.78, 5) is 0. The first-order chi connectivity index (χ1) is 5.98. The van der Waals surface area contributed by atoms with Crippen LogP contribution < -0.4 is 0 Å². The first-order valence-electron chi connectivity index (χ1n) is 5.98. The molecule has 1 aliphatic rings. The molecule has 0 nitrogen and oxygen atoms in total. The average Bonchev–Trinajstić information content (AvgIpc) is 2.31. The lowest BCUT2D eigenvalue weighted by Crippen LogP contribution is -2.24. The van der Waals surface area contributed by atoms with Crippen molar-refractivity contribution < 1.29 is 0 Å². The normalized spacial score (nSPS) is 34.5. The Hall–Kier alpha value is 0.0649. The van der Waals surface area contributed by atoms with Gasteiger partial charge in [-0.05, 0) is 11.3 Å². The van der Waals surface area contributed by atoms with E-state index in [0.29, 0.717) is 5.41 Å². The Morgan fingerprint density at radius 1 is 1.38 bits per heavy atom. The molecule has 0 heterocycles. The molecule has 1 fully saturated rings.